The van der Waals surface area contributed by atoms with Gasteiger partial charge in [0.25, 0.3) is 5.70 Å². The van der Waals surface area contributed by atoms with E-state index in [1.54, 1.807) is 12.3 Å². The maximum Gasteiger partial charge on any atom is 0.265 e. The Bertz CT molecular complexity index is 183. The summed E-state index contributed by atoms with van der Waals surface area (Å²) in [7, 11) is 0. The van der Waals surface area contributed by atoms with Crippen molar-refractivity contribution in [3.63, 3.8) is 0 Å². The number of hydrogen-bond donors (Lipinski definition) is 1. The molecule has 1 rings (SSSR count). The van der Waals surface area contributed by atoms with E-state index in [0.717, 1.165) is 0 Å². The van der Waals surface area contributed by atoms with Crippen LogP contribution in [0.5, 0.6) is 0 Å². The zero-order valence-electron chi connectivity index (χ0n) is 4.70. The Balaban J connectivity index is 2.61. The molecule has 0 bridgehead atoms. The van der Waals surface area contributed by atoms with Crippen LogP contribution >= 0.6 is 0 Å². The highest BCUT2D eigenvalue weighted by Gasteiger charge is 2.08. The fourth-order valence-electron chi connectivity index (χ4n) is 0.578. The second-order valence-corrected chi connectivity index (χ2v) is 1.67. The maximum absolute atomic E-state index is 10.0. The van der Waals surface area contributed by atoms with Gasteiger partial charge >= 0.3 is 0 Å². The van der Waals surface area contributed by atoms with E-state index < -0.39 is 4.92 Å². The average Bonchev–Trinajstić information content (AvgIpc) is 1.90. The molecule has 0 saturated heterocycles. The molecule has 4 heteroatoms. The third kappa shape index (κ3) is 1.28. The second-order valence-electron chi connectivity index (χ2n) is 1.67. The van der Waals surface area contributed by atoms with Gasteiger partial charge in [0.05, 0.1) is 17.5 Å². The SMILES string of the molecule is O=[N+]([O-])C1=CNC=CC1. The third-order valence-corrected chi connectivity index (χ3v) is 1.03. The molecule has 0 amide bonds. The van der Waals surface area contributed by atoms with Crippen LogP contribution in [-0.2, 0) is 0 Å². The molecular formula is C5H6N2O2. The fourth-order valence-corrected chi connectivity index (χ4v) is 0.578. The number of dihydropyridines is 1. The van der Waals surface area contributed by atoms with Crippen molar-refractivity contribution in [2.75, 3.05) is 0 Å². The van der Waals surface area contributed by atoms with Crippen molar-refractivity contribution < 1.29 is 4.92 Å². The summed E-state index contributed by atoms with van der Waals surface area (Å²) in [5.41, 5.74) is 0.206. The van der Waals surface area contributed by atoms with E-state index in [1.807, 2.05) is 0 Å². The topological polar surface area (TPSA) is 55.2 Å². The summed E-state index contributed by atoms with van der Waals surface area (Å²) in [4.78, 5) is 9.63. The smallest absolute Gasteiger partial charge is 0.265 e. The number of nitro groups is 1. The van der Waals surface area contributed by atoms with Gasteiger partial charge in [0.15, 0.2) is 0 Å². The molecule has 1 aliphatic rings. The molecule has 1 heterocycles. The Morgan fingerprint density at radius 2 is 2.56 bits per heavy atom. The monoisotopic (exact) mass is 126 g/mol. The molecule has 0 spiro atoms. The summed E-state index contributed by atoms with van der Waals surface area (Å²) >= 11 is 0. The normalized spacial score (nSPS) is 16.2. The predicted octanol–water partition coefficient (Wildman–Crippen LogP) is 0.611. The van der Waals surface area contributed by atoms with Crippen molar-refractivity contribution in [3.05, 3.63) is 34.3 Å². The Morgan fingerprint density at radius 3 is 2.89 bits per heavy atom. The highest BCUT2D eigenvalue weighted by molar-refractivity contribution is 5.05. The van der Waals surface area contributed by atoms with Crippen LogP contribution in [0.25, 0.3) is 0 Å². The van der Waals surface area contributed by atoms with Gasteiger partial charge in [-0.05, 0) is 6.20 Å². The number of nitrogens with one attached hydrogen (secondary N) is 1. The van der Waals surface area contributed by atoms with Crippen LogP contribution in [0.2, 0.25) is 0 Å². The molecule has 9 heavy (non-hydrogen) atoms. The average molecular weight is 126 g/mol. The van der Waals surface area contributed by atoms with Gasteiger partial charge < -0.3 is 5.32 Å². The lowest BCUT2D eigenvalue weighted by molar-refractivity contribution is -0.427. The molecule has 0 aromatic heterocycles. The predicted molar refractivity (Wildman–Crippen MR) is 32.0 cm³/mol. The van der Waals surface area contributed by atoms with Crippen molar-refractivity contribution >= 4 is 0 Å². The van der Waals surface area contributed by atoms with Crippen LogP contribution in [0.15, 0.2) is 24.2 Å². The first-order chi connectivity index (χ1) is 4.30. The first-order valence-corrected chi connectivity index (χ1v) is 2.55. The molecule has 0 aromatic rings. The maximum atomic E-state index is 10.0. The van der Waals surface area contributed by atoms with Crippen LogP contribution in [0.1, 0.15) is 6.42 Å². The minimum Gasteiger partial charge on any atom is -0.363 e. The summed E-state index contributed by atoms with van der Waals surface area (Å²) in [6.45, 7) is 0. The van der Waals surface area contributed by atoms with Crippen LogP contribution in [-0.4, -0.2) is 4.92 Å². The molecule has 0 unspecified atom stereocenters. The highest BCUT2D eigenvalue weighted by Crippen LogP contribution is 2.04. The van der Waals surface area contributed by atoms with E-state index in [1.165, 1.54) is 6.20 Å². The number of rotatable bonds is 1. The standard InChI is InChI=1S/C5H6N2O2/c8-7(9)5-2-1-3-6-4-5/h1,3-4,6H,2H2. The van der Waals surface area contributed by atoms with Gasteiger partial charge in [0.2, 0.25) is 0 Å². The molecule has 48 valence electrons. The zero-order chi connectivity index (χ0) is 6.69. The molecular weight excluding hydrogens is 120 g/mol. The van der Waals surface area contributed by atoms with E-state index in [2.05, 4.69) is 5.32 Å². The van der Waals surface area contributed by atoms with Gasteiger partial charge in [0.1, 0.15) is 0 Å². The first kappa shape index (κ1) is 5.81. The molecule has 4 nitrogen and oxygen atoms in total. The number of allylic oxidation sites excluding steroid dienone is 1. The fraction of sp³-hybridized carbons (Fsp3) is 0.200. The molecule has 0 aromatic carbocycles. The molecule has 0 saturated carbocycles. The van der Waals surface area contributed by atoms with Crippen molar-refractivity contribution in [3.8, 4) is 0 Å². The van der Waals surface area contributed by atoms with Crippen LogP contribution in [0.3, 0.4) is 0 Å². The van der Waals surface area contributed by atoms with Gasteiger partial charge in [-0.1, -0.05) is 6.08 Å². The van der Waals surface area contributed by atoms with Crippen molar-refractivity contribution in [2.45, 2.75) is 6.42 Å². The lowest BCUT2D eigenvalue weighted by Crippen LogP contribution is -2.07. The summed E-state index contributed by atoms with van der Waals surface area (Å²) < 4.78 is 0. The lowest BCUT2D eigenvalue weighted by Gasteiger charge is -1.98. The molecule has 0 aliphatic carbocycles. The summed E-state index contributed by atoms with van der Waals surface area (Å²) in [6.07, 6.45) is 5.19. The molecule has 1 aliphatic heterocycles. The number of hydrogen-bond acceptors (Lipinski definition) is 3. The summed E-state index contributed by atoms with van der Waals surface area (Å²) in [5.74, 6) is 0. The van der Waals surface area contributed by atoms with Crippen molar-refractivity contribution in [2.24, 2.45) is 0 Å². The van der Waals surface area contributed by atoms with Gasteiger partial charge in [-0.3, -0.25) is 10.1 Å². The van der Waals surface area contributed by atoms with Crippen LogP contribution in [0.4, 0.5) is 0 Å². The number of nitrogens with zero attached hydrogens (tertiary/aromatic N) is 1. The Hall–Kier alpha value is -1.32. The Labute approximate surface area is 52.0 Å². The lowest BCUT2D eigenvalue weighted by atomic mass is 10.3. The molecule has 0 radical (unpaired) electrons. The quantitative estimate of drug-likeness (QED) is 0.413. The summed E-state index contributed by atoms with van der Waals surface area (Å²) in [5, 5.41) is 12.6. The van der Waals surface area contributed by atoms with Gasteiger partial charge in [0, 0.05) is 0 Å². The zero-order valence-corrected chi connectivity index (χ0v) is 4.70. The van der Waals surface area contributed by atoms with E-state index in [4.69, 9.17) is 0 Å². The van der Waals surface area contributed by atoms with E-state index >= 15 is 0 Å². The van der Waals surface area contributed by atoms with Crippen molar-refractivity contribution in [1.29, 1.82) is 0 Å². The molecule has 0 fully saturated rings. The second kappa shape index (κ2) is 2.30. The minimum atomic E-state index is -0.392. The molecule has 1 N–H and O–H groups in total. The van der Waals surface area contributed by atoms with Gasteiger partial charge in [-0.15, -0.1) is 0 Å². The largest absolute Gasteiger partial charge is 0.363 e. The Kier molecular flexibility index (Phi) is 1.48. The third-order valence-electron chi connectivity index (χ3n) is 1.03. The minimum absolute atomic E-state index is 0.206. The van der Waals surface area contributed by atoms with Crippen LogP contribution < -0.4 is 5.32 Å². The van der Waals surface area contributed by atoms with E-state index in [0.29, 0.717) is 6.42 Å². The van der Waals surface area contributed by atoms with Crippen LogP contribution in [0, 0.1) is 10.1 Å². The van der Waals surface area contributed by atoms with Crippen molar-refractivity contribution in [1.82, 2.24) is 5.32 Å². The first-order valence-electron chi connectivity index (χ1n) is 2.55. The van der Waals surface area contributed by atoms with E-state index in [9.17, 15) is 10.1 Å². The van der Waals surface area contributed by atoms with Gasteiger partial charge in [-0.25, -0.2) is 0 Å². The molecule has 0 atom stereocenters. The summed E-state index contributed by atoms with van der Waals surface area (Å²) in [6, 6.07) is 0. The highest BCUT2D eigenvalue weighted by atomic mass is 16.6. The van der Waals surface area contributed by atoms with E-state index in [-0.39, 0.29) is 5.70 Å². The Morgan fingerprint density at radius 1 is 1.78 bits per heavy atom. The van der Waals surface area contributed by atoms with Gasteiger partial charge in [-0.2, -0.15) is 0 Å².